The summed E-state index contributed by atoms with van der Waals surface area (Å²) in [6.07, 6.45) is 6.44. The van der Waals surface area contributed by atoms with Crippen LogP contribution in [0.15, 0.2) is 54.2 Å². The highest BCUT2D eigenvalue weighted by Gasteiger charge is 2.16. The topological polar surface area (TPSA) is 102 Å². The van der Waals surface area contributed by atoms with Crippen LogP contribution in [0.1, 0.15) is 12.6 Å². The third-order valence-electron chi connectivity index (χ3n) is 4.32. The van der Waals surface area contributed by atoms with Gasteiger partial charge in [-0.2, -0.15) is 5.10 Å². The number of nitrogens with one attached hydrogen (secondary N) is 2. The maximum atomic E-state index is 6.44. The average Bonchev–Trinajstić information content (AvgIpc) is 3.18. The summed E-state index contributed by atoms with van der Waals surface area (Å²) in [6, 6.07) is 9.03. The van der Waals surface area contributed by atoms with Crippen LogP contribution in [0.4, 0.5) is 17.2 Å². The fourth-order valence-electron chi connectivity index (χ4n) is 2.95. The molecule has 10 heteroatoms. The Labute approximate surface area is 170 Å². The number of hydrogen-bond donors (Lipinski definition) is 2. The number of rotatable bonds is 4. The van der Waals surface area contributed by atoms with E-state index in [0.29, 0.717) is 28.0 Å². The number of aliphatic imine (C=N–C) groups is 1. The summed E-state index contributed by atoms with van der Waals surface area (Å²) in [7, 11) is 0. The Morgan fingerprint density at radius 1 is 1.14 bits per heavy atom. The summed E-state index contributed by atoms with van der Waals surface area (Å²) >= 11 is 6.44. The zero-order valence-electron chi connectivity index (χ0n) is 15.2. The van der Waals surface area contributed by atoms with Crippen molar-refractivity contribution in [3.05, 3.63) is 59.9 Å². The van der Waals surface area contributed by atoms with Gasteiger partial charge in [-0.1, -0.05) is 11.6 Å². The second-order valence-corrected chi connectivity index (χ2v) is 6.79. The van der Waals surface area contributed by atoms with Crippen LogP contribution in [-0.2, 0) is 0 Å². The Kier molecular flexibility index (Phi) is 4.21. The lowest BCUT2D eigenvalue weighted by Crippen LogP contribution is -2.20. The Bertz CT molecular complexity index is 1240. The molecule has 3 aromatic heterocycles. The second kappa shape index (κ2) is 7.02. The third-order valence-corrected chi connectivity index (χ3v) is 4.62. The molecule has 5 rings (SSSR count). The van der Waals surface area contributed by atoms with Gasteiger partial charge in [-0.05, 0) is 31.2 Å². The molecule has 2 N–H and O–H groups in total. The van der Waals surface area contributed by atoms with Crippen molar-refractivity contribution in [2.75, 3.05) is 10.6 Å². The molecule has 1 aliphatic heterocycles. The number of anilines is 3. The van der Waals surface area contributed by atoms with Gasteiger partial charge in [-0.25, -0.2) is 19.5 Å². The van der Waals surface area contributed by atoms with Gasteiger partial charge in [0.25, 0.3) is 0 Å². The molecule has 0 radical (unpaired) electrons. The van der Waals surface area contributed by atoms with Crippen LogP contribution in [-0.4, -0.2) is 36.9 Å². The molecular formula is C19H15ClN8O. The summed E-state index contributed by atoms with van der Waals surface area (Å²) < 4.78 is 7.56. The number of hydrogen-bond acceptors (Lipinski definition) is 8. The van der Waals surface area contributed by atoms with E-state index in [1.807, 2.05) is 13.0 Å². The quantitative estimate of drug-likeness (QED) is 0.530. The number of benzene rings is 1. The van der Waals surface area contributed by atoms with Crippen molar-refractivity contribution < 1.29 is 4.74 Å². The lowest BCUT2D eigenvalue weighted by molar-refractivity contribution is 0.482. The maximum absolute atomic E-state index is 6.44. The van der Waals surface area contributed by atoms with Crippen molar-refractivity contribution in [1.82, 2.24) is 24.6 Å². The van der Waals surface area contributed by atoms with Gasteiger partial charge in [0.15, 0.2) is 11.5 Å². The van der Waals surface area contributed by atoms with Crippen molar-refractivity contribution in [2.24, 2.45) is 4.99 Å². The van der Waals surface area contributed by atoms with E-state index in [1.165, 1.54) is 12.7 Å². The van der Waals surface area contributed by atoms with Crippen molar-refractivity contribution in [3.63, 3.8) is 0 Å². The van der Waals surface area contributed by atoms with Crippen molar-refractivity contribution in [2.45, 2.75) is 13.1 Å². The summed E-state index contributed by atoms with van der Waals surface area (Å²) in [5, 5.41) is 11.1. The number of ether oxygens (including phenoxy) is 1. The largest absolute Gasteiger partial charge is 0.456 e. The van der Waals surface area contributed by atoms with Gasteiger partial charge in [0.05, 0.1) is 11.2 Å². The van der Waals surface area contributed by atoms with Crippen LogP contribution in [0.5, 0.6) is 11.5 Å². The monoisotopic (exact) mass is 406 g/mol. The molecule has 144 valence electrons. The van der Waals surface area contributed by atoms with Crippen LogP contribution < -0.4 is 15.4 Å². The fourth-order valence-corrected chi connectivity index (χ4v) is 3.17. The lowest BCUT2D eigenvalue weighted by Gasteiger charge is -2.20. The van der Waals surface area contributed by atoms with E-state index in [9.17, 15) is 0 Å². The Hall–Kier alpha value is -3.72. The Morgan fingerprint density at radius 2 is 2.07 bits per heavy atom. The zero-order chi connectivity index (χ0) is 19.8. The average molecular weight is 407 g/mol. The lowest BCUT2D eigenvalue weighted by atomic mass is 10.2. The number of nitrogens with zero attached hydrogens (tertiary/aromatic N) is 6. The maximum Gasteiger partial charge on any atom is 0.158 e. The number of halogens is 1. The highest BCUT2D eigenvalue weighted by molar-refractivity contribution is 6.32. The van der Waals surface area contributed by atoms with Gasteiger partial charge in [-0.15, -0.1) is 0 Å². The van der Waals surface area contributed by atoms with E-state index in [4.69, 9.17) is 16.3 Å². The first-order valence-corrected chi connectivity index (χ1v) is 9.22. The predicted molar refractivity (Wildman–Crippen MR) is 111 cm³/mol. The minimum atomic E-state index is -0.0453. The molecule has 0 spiro atoms. The molecule has 0 saturated heterocycles. The predicted octanol–water partition coefficient (Wildman–Crippen LogP) is 3.90. The van der Waals surface area contributed by atoms with Crippen LogP contribution in [0, 0.1) is 0 Å². The summed E-state index contributed by atoms with van der Waals surface area (Å²) in [5.74, 6) is 1.80. The van der Waals surface area contributed by atoms with E-state index in [-0.39, 0.29) is 6.17 Å². The van der Waals surface area contributed by atoms with Gasteiger partial charge in [0.2, 0.25) is 0 Å². The molecule has 4 heterocycles. The van der Waals surface area contributed by atoms with Crippen molar-refractivity contribution in [1.29, 1.82) is 0 Å². The molecule has 0 bridgehead atoms. The molecule has 0 amide bonds. The van der Waals surface area contributed by atoms with Gasteiger partial charge in [0.1, 0.15) is 41.7 Å². The van der Waals surface area contributed by atoms with Crippen LogP contribution in [0.2, 0.25) is 5.02 Å². The Morgan fingerprint density at radius 3 is 2.97 bits per heavy atom. The number of fused-ring (bicyclic) bond motifs is 2. The van der Waals surface area contributed by atoms with E-state index in [2.05, 4.69) is 35.7 Å². The normalized spacial score (nSPS) is 15.0. The molecule has 0 fully saturated rings. The zero-order valence-corrected chi connectivity index (χ0v) is 16.0. The van der Waals surface area contributed by atoms with Gasteiger partial charge < -0.3 is 15.4 Å². The summed E-state index contributed by atoms with van der Waals surface area (Å²) in [5.41, 5.74) is 2.99. The first-order valence-electron chi connectivity index (χ1n) is 8.84. The van der Waals surface area contributed by atoms with E-state index >= 15 is 0 Å². The molecule has 1 atom stereocenters. The smallest absolute Gasteiger partial charge is 0.158 e. The van der Waals surface area contributed by atoms with Crippen LogP contribution in [0.25, 0.3) is 5.65 Å². The minimum absolute atomic E-state index is 0.0453. The molecule has 4 aromatic rings. The molecule has 0 saturated carbocycles. The van der Waals surface area contributed by atoms with Crippen molar-refractivity contribution in [3.8, 4) is 11.5 Å². The van der Waals surface area contributed by atoms with Gasteiger partial charge in [0, 0.05) is 18.0 Å². The summed E-state index contributed by atoms with van der Waals surface area (Å²) in [6.45, 7) is 1.95. The van der Waals surface area contributed by atoms with E-state index in [0.717, 1.165) is 17.1 Å². The molecule has 9 nitrogen and oxygen atoms in total. The SMILES string of the molecule is CC1N=Cc2ncnc(Nc3ccc(Oc4ccn5ncnc5c4)c(Cl)c3)c2N1. The highest BCUT2D eigenvalue weighted by Crippen LogP contribution is 2.34. The second-order valence-electron chi connectivity index (χ2n) is 6.38. The Balaban J connectivity index is 1.38. The number of aromatic nitrogens is 5. The summed E-state index contributed by atoms with van der Waals surface area (Å²) in [4.78, 5) is 17.0. The van der Waals surface area contributed by atoms with Gasteiger partial charge in [-0.3, -0.25) is 4.99 Å². The highest BCUT2D eigenvalue weighted by atomic mass is 35.5. The van der Waals surface area contributed by atoms with E-state index in [1.54, 1.807) is 41.2 Å². The molecule has 29 heavy (non-hydrogen) atoms. The van der Waals surface area contributed by atoms with Crippen LogP contribution >= 0.6 is 11.6 Å². The standard InChI is InChI=1S/C19H15ClN8O/c1-11-21-8-15-18(26-11)19(24-9-22-15)27-12-2-3-16(14(20)6-12)29-13-4-5-28-17(7-13)23-10-25-28/h2-11,26H,1H3,(H,22,24,27). The first kappa shape index (κ1) is 17.4. The fraction of sp³-hybridized carbons (Fsp3) is 0.105. The minimum Gasteiger partial charge on any atom is -0.456 e. The molecular weight excluding hydrogens is 392 g/mol. The third kappa shape index (κ3) is 3.43. The first-order chi connectivity index (χ1) is 14.2. The van der Waals surface area contributed by atoms with Crippen molar-refractivity contribution >= 4 is 40.7 Å². The van der Waals surface area contributed by atoms with Crippen LogP contribution in [0.3, 0.4) is 0 Å². The molecule has 1 aromatic carbocycles. The van der Waals surface area contributed by atoms with Gasteiger partial charge >= 0.3 is 0 Å². The molecule has 1 aliphatic rings. The molecule has 0 aliphatic carbocycles. The molecule has 1 unspecified atom stereocenters. The van der Waals surface area contributed by atoms with E-state index < -0.39 is 0 Å². The number of pyridine rings is 1.